The molecular weight excluding hydrogens is 419 g/mol. The molecule has 0 saturated carbocycles. The number of benzene rings is 2. The van der Waals surface area contributed by atoms with Crippen LogP contribution in [0.15, 0.2) is 59.6 Å². The lowest BCUT2D eigenvalue weighted by atomic mass is 9.94. The summed E-state index contributed by atoms with van der Waals surface area (Å²) >= 11 is 1.20. The number of fused-ring (bicyclic) bond motifs is 1. The number of aliphatic hydroxyl groups is 1. The molecule has 5 rings (SSSR count). The summed E-state index contributed by atoms with van der Waals surface area (Å²) in [6, 6.07) is 9.76. The summed E-state index contributed by atoms with van der Waals surface area (Å²) in [5.41, 5.74) is 1.78. The van der Waals surface area contributed by atoms with Crippen molar-refractivity contribution in [1.82, 2.24) is 4.98 Å². The van der Waals surface area contributed by atoms with Crippen LogP contribution in [-0.2, 0) is 16.0 Å². The SMILES string of the molecule is C[C@H]1Cc2cc(/C(O)=C3\C(=O)C(=O)N(c4nccs4)[C@H]3c3ccc(F)cc3)ccc2O1. The van der Waals surface area contributed by atoms with E-state index in [4.69, 9.17) is 4.74 Å². The zero-order valence-corrected chi connectivity index (χ0v) is 17.2. The number of hydrogen-bond acceptors (Lipinski definition) is 6. The van der Waals surface area contributed by atoms with E-state index in [1.54, 1.807) is 23.6 Å². The van der Waals surface area contributed by atoms with E-state index >= 15 is 0 Å². The second-order valence-corrected chi connectivity index (χ2v) is 8.36. The Hall–Kier alpha value is -3.52. The van der Waals surface area contributed by atoms with Gasteiger partial charge in [0.1, 0.15) is 23.4 Å². The number of carbonyl (C=O) groups excluding carboxylic acids is 2. The van der Waals surface area contributed by atoms with Crippen molar-refractivity contribution in [1.29, 1.82) is 0 Å². The molecule has 0 aliphatic carbocycles. The summed E-state index contributed by atoms with van der Waals surface area (Å²) < 4.78 is 19.2. The predicted octanol–water partition coefficient (Wildman–Crippen LogP) is 4.23. The number of ketones is 1. The summed E-state index contributed by atoms with van der Waals surface area (Å²) in [7, 11) is 0. The van der Waals surface area contributed by atoms with E-state index in [-0.39, 0.29) is 17.4 Å². The van der Waals surface area contributed by atoms with Gasteiger partial charge in [0.2, 0.25) is 0 Å². The monoisotopic (exact) mass is 436 g/mol. The van der Waals surface area contributed by atoms with Crippen LogP contribution in [0.1, 0.15) is 29.7 Å². The number of amides is 1. The maximum absolute atomic E-state index is 13.5. The number of hydrogen-bond donors (Lipinski definition) is 1. The van der Waals surface area contributed by atoms with E-state index in [9.17, 15) is 19.1 Å². The zero-order chi connectivity index (χ0) is 21.7. The van der Waals surface area contributed by atoms with Crippen LogP contribution >= 0.6 is 11.3 Å². The van der Waals surface area contributed by atoms with E-state index < -0.39 is 23.5 Å². The van der Waals surface area contributed by atoms with Gasteiger partial charge in [0, 0.05) is 23.6 Å². The molecule has 0 bridgehead atoms. The van der Waals surface area contributed by atoms with Gasteiger partial charge in [0.25, 0.3) is 5.78 Å². The molecule has 3 heterocycles. The second-order valence-electron chi connectivity index (χ2n) is 7.49. The highest BCUT2D eigenvalue weighted by Gasteiger charge is 2.48. The molecular formula is C23H17FN2O4S. The lowest BCUT2D eigenvalue weighted by Gasteiger charge is -2.23. The van der Waals surface area contributed by atoms with Crippen molar-refractivity contribution in [2.75, 3.05) is 4.90 Å². The van der Waals surface area contributed by atoms with E-state index in [1.807, 2.05) is 6.92 Å². The third kappa shape index (κ3) is 3.19. The third-order valence-corrected chi connectivity index (χ3v) is 6.20. The number of aliphatic hydroxyl groups excluding tert-OH is 1. The van der Waals surface area contributed by atoms with E-state index in [1.165, 1.54) is 46.7 Å². The van der Waals surface area contributed by atoms with E-state index in [0.29, 0.717) is 22.7 Å². The summed E-state index contributed by atoms with van der Waals surface area (Å²) in [4.78, 5) is 31.4. The Morgan fingerprint density at radius 1 is 1.23 bits per heavy atom. The molecule has 0 spiro atoms. The predicted molar refractivity (Wildman–Crippen MR) is 114 cm³/mol. The number of thiazole rings is 1. The first-order valence-electron chi connectivity index (χ1n) is 9.70. The van der Waals surface area contributed by atoms with Crippen molar-refractivity contribution in [3.63, 3.8) is 0 Å². The molecule has 156 valence electrons. The first-order chi connectivity index (χ1) is 14.9. The quantitative estimate of drug-likeness (QED) is 0.378. The molecule has 2 atom stereocenters. The van der Waals surface area contributed by atoms with Crippen LogP contribution in [0.25, 0.3) is 5.76 Å². The average molecular weight is 436 g/mol. The van der Waals surface area contributed by atoms with Gasteiger partial charge >= 0.3 is 5.91 Å². The molecule has 0 unspecified atom stereocenters. The summed E-state index contributed by atoms with van der Waals surface area (Å²) in [6.45, 7) is 1.95. The molecule has 31 heavy (non-hydrogen) atoms. The molecule has 2 aliphatic rings. The van der Waals surface area contributed by atoms with Gasteiger partial charge in [-0.2, -0.15) is 0 Å². The van der Waals surface area contributed by atoms with Crippen LogP contribution < -0.4 is 9.64 Å². The number of anilines is 1. The Labute approximate surface area is 181 Å². The molecule has 8 heteroatoms. The molecule has 1 saturated heterocycles. The van der Waals surface area contributed by atoms with Gasteiger partial charge in [-0.1, -0.05) is 12.1 Å². The van der Waals surface area contributed by atoms with Gasteiger partial charge < -0.3 is 9.84 Å². The van der Waals surface area contributed by atoms with Gasteiger partial charge in [-0.25, -0.2) is 9.37 Å². The number of halogens is 1. The van der Waals surface area contributed by atoms with Gasteiger partial charge in [-0.05, 0) is 48.4 Å². The first kappa shape index (κ1) is 19.4. The van der Waals surface area contributed by atoms with Crippen molar-refractivity contribution in [2.45, 2.75) is 25.5 Å². The lowest BCUT2D eigenvalue weighted by molar-refractivity contribution is -0.132. The average Bonchev–Trinajstić information content (AvgIpc) is 3.46. The smallest absolute Gasteiger partial charge is 0.301 e. The van der Waals surface area contributed by atoms with Gasteiger partial charge in [-0.3, -0.25) is 14.5 Å². The Balaban J connectivity index is 1.68. The molecule has 0 radical (unpaired) electrons. The van der Waals surface area contributed by atoms with E-state index in [2.05, 4.69) is 4.98 Å². The van der Waals surface area contributed by atoms with Gasteiger partial charge in [0.05, 0.1) is 11.6 Å². The normalized spacial score (nSPS) is 21.9. The number of rotatable bonds is 3. The molecule has 2 aliphatic heterocycles. The highest BCUT2D eigenvalue weighted by molar-refractivity contribution is 7.14. The van der Waals surface area contributed by atoms with E-state index in [0.717, 1.165) is 11.3 Å². The fourth-order valence-electron chi connectivity index (χ4n) is 4.05. The molecule has 1 amide bonds. The lowest BCUT2D eigenvalue weighted by Crippen LogP contribution is -2.29. The Morgan fingerprint density at radius 3 is 2.71 bits per heavy atom. The minimum atomic E-state index is -0.921. The van der Waals surface area contributed by atoms with Gasteiger partial charge in [-0.15, -0.1) is 11.3 Å². The fourth-order valence-corrected chi connectivity index (χ4v) is 4.72. The molecule has 6 nitrogen and oxygen atoms in total. The first-order valence-corrected chi connectivity index (χ1v) is 10.6. The van der Waals surface area contributed by atoms with Crippen LogP contribution in [0.5, 0.6) is 5.75 Å². The largest absolute Gasteiger partial charge is 0.507 e. The van der Waals surface area contributed by atoms with Crippen LogP contribution in [-0.4, -0.2) is 27.9 Å². The molecule has 1 N–H and O–H groups in total. The van der Waals surface area contributed by atoms with Crippen LogP contribution in [0.4, 0.5) is 9.52 Å². The minimum Gasteiger partial charge on any atom is -0.507 e. The number of ether oxygens (including phenoxy) is 1. The van der Waals surface area contributed by atoms with Crippen molar-refractivity contribution in [2.24, 2.45) is 0 Å². The maximum Gasteiger partial charge on any atom is 0.301 e. The van der Waals surface area contributed by atoms with Crippen molar-refractivity contribution < 1.29 is 23.8 Å². The zero-order valence-electron chi connectivity index (χ0n) is 16.4. The van der Waals surface area contributed by atoms with Crippen LogP contribution in [0.3, 0.4) is 0 Å². The van der Waals surface area contributed by atoms with Gasteiger partial charge in [0.15, 0.2) is 5.13 Å². The van der Waals surface area contributed by atoms with Crippen LogP contribution in [0.2, 0.25) is 0 Å². The Bertz CT molecular complexity index is 1220. The van der Waals surface area contributed by atoms with Crippen molar-refractivity contribution >= 4 is 33.9 Å². The number of aromatic nitrogens is 1. The summed E-state index contributed by atoms with van der Waals surface area (Å²) in [5.74, 6) is -1.59. The standard InChI is InChI=1S/C23H17FN2O4S/c1-12-10-15-11-14(4-7-17(15)30-12)20(27)18-19(13-2-5-16(24)6-3-13)26(22(29)21(18)28)23-25-8-9-31-23/h2-9,11-12,19,27H,10H2,1H3/b20-18+/t12-,19-/m0/s1. The second kappa shape index (κ2) is 7.31. The molecule has 2 aromatic carbocycles. The number of Topliss-reactive ketones (excluding diaryl/α,β-unsaturated/α-hetero) is 1. The van der Waals surface area contributed by atoms with Crippen molar-refractivity contribution in [3.8, 4) is 5.75 Å². The molecule has 3 aromatic rings. The molecule has 1 aromatic heterocycles. The van der Waals surface area contributed by atoms with Crippen LogP contribution in [0, 0.1) is 5.82 Å². The highest BCUT2D eigenvalue weighted by atomic mass is 32.1. The Kier molecular flexibility index (Phi) is 4.59. The third-order valence-electron chi connectivity index (χ3n) is 5.42. The number of nitrogens with zero attached hydrogens (tertiary/aromatic N) is 2. The highest BCUT2D eigenvalue weighted by Crippen LogP contribution is 2.43. The topological polar surface area (TPSA) is 79.7 Å². The molecule has 1 fully saturated rings. The van der Waals surface area contributed by atoms with Crippen molar-refractivity contribution in [3.05, 3.63) is 82.1 Å². The fraction of sp³-hybridized carbons (Fsp3) is 0.174. The maximum atomic E-state index is 13.5. The number of carbonyl (C=O) groups is 2. The summed E-state index contributed by atoms with van der Waals surface area (Å²) in [5, 5.41) is 13.2. The minimum absolute atomic E-state index is 0.0297. The Morgan fingerprint density at radius 2 is 2.00 bits per heavy atom. The summed E-state index contributed by atoms with van der Waals surface area (Å²) in [6.07, 6.45) is 2.25.